The van der Waals surface area contributed by atoms with Crippen molar-refractivity contribution in [1.29, 1.82) is 0 Å². The van der Waals surface area contributed by atoms with E-state index in [1.54, 1.807) is 60.7 Å². The molecule has 8 heteroatoms. The molecule has 0 saturated heterocycles. The molecule has 0 unspecified atom stereocenters. The molecule has 31 heavy (non-hydrogen) atoms. The van der Waals surface area contributed by atoms with Gasteiger partial charge in [-0.05, 0) is 54.6 Å². The molecule has 0 radical (unpaired) electrons. The van der Waals surface area contributed by atoms with Crippen molar-refractivity contribution in [2.24, 2.45) is 0 Å². The number of anilines is 1. The first-order chi connectivity index (χ1) is 14.9. The fraction of sp³-hybridized carbons (Fsp3) is 0.0435. The highest BCUT2D eigenvalue weighted by Gasteiger charge is 2.23. The molecule has 1 N–H and O–H groups in total. The smallest absolute Gasteiger partial charge is 0.262 e. The highest BCUT2D eigenvalue weighted by atomic mass is 79.9. The molecular weight excluding hydrogens is 505 g/mol. The lowest BCUT2D eigenvalue weighted by Crippen LogP contribution is -2.21. The zero-order chi connectivity index (χ0) is 22.0. The van der Waals surface area contributed by atoms with E-state index >= 15 is 0 Å². The summed E-state index contributed by atoms with van der Waals surface area (Å²) in [6.07, 6.45) is 0. The van der Waals surface area contributed by atoms with Gasteiger partial charge in [0, 0.05) is 20.4 Å². The minimum atomic E-state index is -0.470. The quantitative estimate of drug-likeness (QED) is 0.286. The van der Waals surface area contributed by atoms with Gasteiger partial charge in [-0.3, -0.25) is 9.59 Å². The maximum Gasteiger partial charge on any atom is 0.262 e. The highest BCUT2D eigenvalue weighted by Crippen LogP contribution is 2.33. The maximum absolute atomic E-state index is 13.1. The summed E-state index contributed by atoms with van der Waals surface area (Å²) in [6.45, 7) is -0.313. The first-order valence-corrected chi connectivity index (χ1v) is 10.7. The van der Waals surface area contributed by atoms with Crippen molar-refractivity contribution in [3.8, 4) is 5.75 Å². The van der Waals surface area contributed by atoms with Crippen molar-refractivity contribution in [2.45, 2.75) is 0 Å². The normalized spacial score (nSPS) is 10.8. The SMILES string of the molecule is O=C(COc1ccc(Cl)cc1Cl)Nc1c(C(=O)c2ccc(Br)cc2)oc2ccccc12. The third-order valence-electron chi connectivity index (χ3n) is 4.43. The third-order valence-corrected chi connectivity index (χ3v) is 5.48. The molecule has 0 saturated carbocycles. The number of para-hydroxylation sites is 1. The molecule has 3 aromatic carbocycles. The lowest BCUT2D eigenvalue weighted by Gasteiger charge is -2.09. The average molecular weight is 519 g/mol. The molecule has 0 aliphatic carbocycles. The Morgan fingerprint density at radius 2 is 1.74 bits per heavy atom. The van der Waals surface area contributed by atoms with Gasteiger partial charge in [-0.2, -0.15) is 0 Å². The van der Waals surface area contributed by atoms with E-state index in [1.807, 2.05) is 0 Å². The Labute approximate surface area is 196 Å². The summed E-state index contributed by atoms with van der Waals surface area (Å²) in [5.41, 5.74) is 1.21. The van der Waals surface area contributed by atoms with Crippen molar-refractivity contribution in [3.63, 3.8) is 0 Å². The average Bonchev–Trinajstić information content (AvgIpc) is 3.11. The molecule has 4 aromatic rings. The molecule has 4 rings (SSSR count). The Bertz CT molecular complexity index is 1280. The van der Waals surface area contributed by atoms with Gasteiger partial charge in [0.25, 0.3) is 5.91 Å². The fourth-order valence-corrected chi connectivity index (χ4v) is 3.70. The Morgan fingerprint density at radius 3 is 2.48 bits per heavy atom. The number of hydrogen-bond donors (Lipinski definition) is 1. The van der Waals surface area contributed by atoms with E-state index in [1.165, 1.54) is 6.07 Å². The van der Waals surface area contributed by atoms with E-state index < -0.39 is 5.91 Å². The molecule has 0 aliphatic rings. The van der Waals surface area contributed by atoms with E-state index in [9.17, 15) is 9.59 Å². The molecule has 0 aliphatic heterocycles. The second-order valence-corrected chi connectivity index (χ2v) is 8.31. The maximum atomic E-state index is 13.1. The number of fused-ring (bicyclic) bond motifs is 1. The van der Waals surface area contributed by atoms with Gasteiger partial charge < -0.3 is 14.5 Å². The Balaban J connectivity index is 1.60. The van der Waals surface area contributed by atoms with Gasteiger partial charge >= 0.3 is 0 Å². The standard InChI is InChI=1S/C23H14BrCl2NO4/c24-14-7-5-13(6-8-14)22(29)23-21(16-3-1-2-4-18(16)31-23)27-20(28)12-30-19-10-9-15(25)11-17(19)26/h1-11H,12H2,(H,27,28). The predicted octanol–water partition coefficient (Wildman–Crippen LogP) is 6.75. The highest BCUT2D eigenvalue weighted by molar-refractivity contribution is 9.10. The van der Waals surface area contributed by atoms with Gasteiger partial charge in [0.05, 0.1) is 10.7 Å². The van der Waals surface area contributed by atoms with Crippen LogP contribution in [0.3, 0.4) is 0 Å². The Hall–Kier alpha value is -2.80. The summed E-state index contributed by atoms with van der Waals surface area (Å²) in [4.78, 5) is 25.7. The molecule has 0 atom stereocenters. The summed E-state index contributed by atoms with van der Waals surface area (Å²) in [7, 11) is 0. The number of ketones is 1. The number of furan rings is 1. The fourth-order valence-electron chi connectivity index (χ4n) is 2.97. The molecule has 1 heterocycles. The van der Waals surface area contributed by atoms with E-state index in [2.05, 4.69) is 21.2 Å². The first-order valence-electron chi connectivity index (χ1n) is 9.12. The molecular formula is C23H14BrCl2NO4. The molecule has 1 amide bonds. The van der Waals surface area contributed by atoms with Crippen molar-refractivity contribution in [1.82, 2.24) is 0 Å². The summed E-state index contributed by atoms with van der Waals surface area (Å²) < 4.78 is 12.1. The zero-order valence-electron chi connectivity index (χ0n) is 15.8. The van der Waals surface area contributed by atoms with Crippen molar-refractivity contribution < 1.29 is 18.7 Å². The molecule has 156 valence electrons. The lowest BCUT2D eigenvalue weighted by atomic mass is 10.1. The summed E-state index contributed by atoms with van der Waals surface area (Å²) in [6, 6.07) is 18.7. The van der Waals surface area contributed by atoms with E-state index in [-0.39, 0.29) is 18.2 Å². The Kier molecular flexibility index (Phi) is 6.32. The van der Waals surface area contributed by atoms with Gasteiger partial charge in [0.1, 0.15) is 11.3 Å². The summed E-state index contributed by atoms with van der Waals surface area (Å²) in [5, 5.41) is 4.10. The van der Waals surface area contributed by atoms with Crippen molar-refractivity contribution in [2.75, 3.05) is 11.9 Å². The van der Waals surface area contributed by atoms with Crippen LogP contribution >= 0.6 is 39.1 Å². The van der Waals surface area contributed by atoms with Crippen LogP contribution in [0, 0.1) is 0 Å². The monoisotopic (exact) mass is 517 g/mol. The largest absolute Gasteiger partial charge is 0.482 e. The zero-order valence-corrected chi connectivity index (χ0v) is 18.9. The topological polar surface area (TPSA) is 68.5 Å². The van der Waals surface area contributed by atoms with Crippen LogP contribution in [0.25, 0.3) is 11.0 Å². The summed E-state index contributed by atoms with van der Waals surface area (Å²) in [5.74, 6) is -0.450. The van der Waals surface area contributed by atoms with Gasteiger partial charge in [0.2, 0.25) is 5.78 Å². The van der Waals surface area contributed by atoms with Crippen LogP contribution in [0.1, 0.15) is 16.1 Å². The van der Waals surface area contributed by atoms with Crippen LogP contribution in [0.2, 0.25) is 10.0 Å². The first kappa shape index (κ1) is 21.4. The number of ether oxygens (including phenoxy) is 1. The van der Waals surface area contributed by atoms with E-state index in [4.69, 9.17) is 32.4 Å². The van der Waals surface area contributed by atoms with E-state index in [0.717, 1.165) is 4.47 Å². The minimum Gasteiger partial charge on any atom is -0.482 e. The van der Waals surface area contributed by atoms with Gasteiger partial charge in [0.15, 0.2) is 12.4 Å². The van der Waals surface area contributed by atoms with Crippen LogP contribution in [0.15, 0.2) is 75.6 Å². The number of nitrogens with one attached hydrogen (secondary N) is 1. The number of benzene rings is 3. The molecule has 1 aromatic heterocycles. The number of amides is 1. The van der Waals surface area contributed by atoms with Crippen molar-refractivity contribution >= 4 is 67.5 Å². The number of rotatable bonds is 6. The van der Waals surface area contributed by atoms with Crippen LogP contribution in [-0.4, -0.2) is 18.3 Å². The predicted molar refractivity (Wildman–Crippen MR) is 124 cm³/mol. The number of carbonyl (C=O) groups excluding carboxylic acids is 2. The van der Waals surface area contributed by atoms with Gasteiger partial charge in [-0.25, -0.2) is 0 Å². The minimum absolute atomic E-state index is 0.0430. The van der Waals surface area contributed by atoms with Gasteiger partial charge in [-0.1, -0.05) is 51.3 Å². The second kappa shape index (κ2) is 9.14. The molecule has 0 fully saturated rings. The summed E-state index contributed by atoms with van der Waals surface area (Å²) >= 11 is 15.3. The number of hydrogen-bond acceptors (Lipinski definition) is 4. The lowest BCUT2D eigenvalue weighted by molar-refractivity contribution is -0.118. The third kappa shape index (κ3) is 4.77. The van der Waals surface area contributed by atoms with Crippen LogP contribution in [0.5, 0.6) is 5.75 Å². The van der Waals surface area contributed by atoms with Crippen molar-refractivity contribution in [3.05, 3.63) is 92.6 Å². The van der Waals surface area contributed by atoms with Gasteiger partial charge in [-0.15, -0.1) is 0 Å². The number of halogens is 3. The Morgan fingerprint density at radius 1 is 1.00 bits per heavy atom. The number of carbonyl (C=O) groups is 2. The van der Waals surface area contributed by atoms with Crippen LogP contribution in [0.4, 0.5) is 5.69 Å². The molecule has 0 spiro atoms. The molecule has 0 bridgehead atoms. The van der Waals surface area contributed by atoms with Crippen LogP contribution in [-0.2, 0) is 4.79 Å². The molecule has 5 nitrogen and oxygen atoms in total. The second-order valence-electron chi connectivity index (χ2n) is 6.55. The van der Waals surface area contributed by atoms with Crippen LogP contribution < -0.4 is 10.1 Å². The van der Waals surface area contributed by atoms with E-state index in [0.29, 0.717) is 38.0 Å².